The standard InChI is InChI=1S/C14H18N2O2S2/c15-14(19)11-3-1-2-4-12(11)20(17,18)16-13(9-5-6-9)10-7-8-10/h1-4,9-10,13,16H,5-8H2,(H2,15,19). The van der Waals surface area contributed by atoms with E-state index >= 15 is 0 Å². The molecule has 0 aliphatic heterocycles. The fourth-order valence-corrected chi connectivity index (χ4v) is 4.47. The summed E-state index contributed by atoms with van der Waals surface area (Å²) < 4.78 is 28.1. The Morgan fingerprint density at radius 2 is 1.75 bits per heavy atom. The molecule has 2 aliphatic carbocycles. The van der Waals surface area contributed by atoms with E-state index in [0.717, 1.165) is 25.7 Å². The smallest absolute Gasteiger partial charge is 0.241 e. The maximum atomic E-state index is 12.6. The molecule has 6 heteroatoms. The van der Waals surface area contributed by atoms with E-state index in [1.165, 1.54) is 0 Å². The van der Waals surface area contributed by atoms with Gasteiger partial charge >= 0.3 is 0 Å². The second kappa shape index (κ2) is 5.09. The van der Waals surface area contributed by atoms with Crippen molar-refractivity contribution >= 4 is 27.2 Å². The van der Waals surface area contributed by atoms with Crippen molar-refractivity contribution in [1.82, 2.24) is 4.72 Å². The average molecular weight is 310 g/mol. The minimum atomic E-state index is -3.56. The summed E-state index contributed by atoms with van der Waals surface area (Å²) in [6.07, 6.45) is 4.50. The lowest BCUT2D eigenvalue weighted by molar-refractivity contribution is 0.471. The monoisotopic (exact) mass is 310 g/mol. The van der Waals surface area contributed by atoms with Gasteiger partial charge in [-0.3, -0.25) is 0 Å². The van der Waals surface area contributed by atoms with Crippen LogP contribution in [0.15, 0.2) is 29.2 Å². The molecule has 108 valence electrons. The zero-order chi connectivity index (χ0) is 14.3. The predicted octanol–water partition coefficient (Wildman–Crippen LogP) is 1.79. The Labute approximate surface area is 124 Å². The first kappa shape index (κ1) is 14.0. The predicted molar refractivity (Wildman–Crippen MR) is 81.9 cm³/mol. The highest BCUT2D eigenvalue weighted by Gasteiger charge is 2.43. The van der Waals surface area contributed by atoms with Gasteiger partial charge in [0.25, 0.3) is 0 Å². The number of benzene rings is 1. The summed E-state index contributed by atoms with van der Waals surface area (Å²) in [5.41, 5.74) is 6.04. The molecule has 0 atom stereocenters. The fraction of sp³-hybridized carbons (Fsp3) is 0.500. The van der Waals surface area contributed by atoms with Crippen molar-refractivity contribution in [2.24, 2.45) is 17.6 Å². The van der Waals surface area contributed by atoms with Gasteiger partial charge in [-0.25, -0.2) is 13.1 Å². The molecule has 0 bridgehead atoms. The summed E-state index contributed by atoms with van der Waals surface area (Å²) in [5.74, 6) is 1.02. The highest BCUT2D eigenvalue weighted by molar-refractivity contribution is 7.89. The summed E-state index contributed by atoms with van der Waals surface area (Å²) in [7, 11) is -3.56. The first-order valence-electron chi connectivity index (χ1n) is 6.90. The van der Waals surface area contributed by atoms with Crippen molar-refractivity contribution < 1.29 is 8.42 Å². The molecule has 1 aromatic carbocycles. The van der Waals surface area contributed by atoms with Crippen LogP contribution in [0, 0.1) is 11.8 Å². The molecule has 0 spiro atoms. The van der Waals surface area contributed by atoms with Crippen molar-refractivity contribution in [3.63, 3.8) is 0 Å². The summed E-state index contributed by atoms with van der Waals surface area (Å²) in [6, 6.07) is 6.74. The molecular formula is C14H18N2O2S2. The van der Waals surface area contributed by atoms with Crippen LogP contribution in [0.2, 0.25) is 0 Å². The van der Waals surface area contributed by atoms with Crippen LogP contribution in [-0.2, 0) is 10.0 Å². The topological polar surface area (TPSA) is 72.2 Å². The second-order valence-electron chi connectivity index (χ2n) is 5.68. The van der Waals surface area contributed by atoms with Crippen LogP contribution in [-0.4, -0.2) is 19.4 Å². The van der Waals surface area contributed by atoms with Crippen molar-refractivity contribution in [2.45, 2.75) is 36.6 Å². The third kappa shape index (κ3) is 2.87. The number of sulfonamides is 1. The molecule has 2 fully saturated rings. The van der Waals surface area contributed by atoms with Crippen LogP contribution >= 0.6 is 12.2 Å². The first-order valence-corrected chi connectivity index (χ1v) is 8.79. The fourth-order valence-electron chi connectivity index (χ4n) is 2.64. The number of rotatable bonds is 6. The number of nitrogens with one attached hydrogen (secondary N) is 1. The van der Waals surface area contributed by atoms with Gasteiger partial charge in [0.15, 0.2) is 0 Å². The van der Waals surface area contributed by atoms with Gasteiger partial charge in [-0.2, -0.15) is 0 Å². The van der Waals surface area contributed by atoms with Crippen molar-refractivity contribution in [3.05, 3.63) is 29.8 Å². The summed E-state index contributed by atoms with van der Waals surface area (Å²) in [5, 5.41) is 0. The highest BCUT2D eigenvalue weighted by Crippen LogP contribution is 2.45. The van der Waals surface area contributed by atoms with Crippen LogP contribution in [0.1, 0.15) is 31.2 Å². The first-order chi connectivity index (χ1) is 9.49. The number of hydrogen-bond donors (Lipinski definition) is 2. The molecule has 3 N–H and O–H groups in total. The van der Waals surface area contributed by atoms with Crippen LogP contribution < -0.4 is 10.5 Å². The van der Waals surface area contributed by atoms with E-state index in [4.69, 9.17) is 18.0 Å². The van der Waals surface area contributed by atoms with E-state index in [1.54, 1.807) is 24.3 Å². The Kier molecular flexibility index (Phi) is 3.56. The Morgan fingerprint density at radius 1 is 1.20 bits per heavy atom. The average Bonchev–Trinajstić information content (AvgIpc) is 3.29. The minimum Gasteiger partial charge on any atom is -0.389 e. The van der Waals surface area contributed by atoms with Crippen LogP contribution in [0.4, 0.5) is 0 Å². The summed E-state index contributed by atoms with van der Waals surface area (Å²) >= 11 is 4.95. The molecule has 3 rings (SSSR count). The maximum Gasteiger partial charge on any atom is 0.241 e. The Bertz CT molecular complexity index is 622. The molecule has 0 unspecified atom stereocenters. The molecule has 20 heavy (non-hydrogen) atoms. The molecule has 0 amide bonds. The van der Waals surface area contributed by atoms with E-state index in [1.807, 2.05) is 0 Å². The van der Waals surface area contributed by atoms with Gasteiger partial charge in [-0.05, 0) is 43.6 Å². The number of hydrogen-bond acceptors (Lipinski definition) is 3. The Morgan fingerprint density at radius 3 is 2.25 bits per heavy atom. The van der Waals surface area contributed by atoms with Crippen molar-refractivity contribution in [3.8, 4) is 0 Å². The zero-order valence-electron chi connectivity index (χ0n) is 11.1. The third-order valence-electron chi connectivity index (χ3n) is 3.99. The number of thiocarbonyl (C=S) groups is 1. The largest absolute Gasteiger partial charge is 0.389 e. The van der Waals surface area contributed by atoms with E-state index in [2.05, 4.69) is 4.72 Å². The highest BCUT2D eigenvalue weighted by atomic mass is 32.2. The minimum absolute atomic E-state index is 0.0828. The lowest BCUT2D eigenvalue weighted by Gasteiger charge is -2.19. The maximum absolute atomic E-state index is 12.6. The van der Waals surface area contributed by atoms with E-state index in [0.29, 0.717) is 17.4 Å². The molecule has 2 aliphatic rings. The van der Waals surface area contributed by atoms with Crippen LogP contribution in [0.5, 0.6) is 0 Å². The summed E-state index contributed by atoms with van der Waals surface area (Å²) in [6.45, 7) is 0. The molecule has 4 nitrogen and oxygen atoms in total. The molecule has 0 radical (unpaired) electrons. The molecule has 1 aromatic rings. The lowest BCUT2D eigenvalue weighted by atomic mass is 10.1. The molecular weight excluding hydrogens is 292 g/mol. The number of nitrogens with two attached hydrogens (primary N) is 1. The van der Waals surface area contributed by atoms with Gasteiger partial charge in [0.2, 0.25) is 10.0 Å². The summed E-state index contributed by atoms with van der Waals surface area (Å²) in [4.78, 5) is 0.305. The SMILES string of the molecule is NC(=S)c1ccccc1S(=O)(=O)NC(C1CC1)C1CC1. The van der Waals surface area contributed by atoms with Gasteiger partial charge in [0.1, 0.15) is 4.99 Å². The Balaban J connectivity index is 1.89. The molecule has 2 saturated carbocycles. The van der Waals surface area contributed by atoms with Crippen molar-refractivity contribution in [2.75, 3.05) is 0 Å². The van der Waals surface area contributed by atoms with Gasteiger partial charge < -0.3 is 5.73 Å². The van der Waals surface area contributed by atoms with Gasteiger partial charge in [0.05, 0.1) is 4.90 Å². The zero-order valence-corrected chi connectivity index (χ0v) is 12.7. The molecule has 0 heterocycles. The van der Waals surface area contributed by atoms with Gasteiger partial charge in [-0.15, -0.1) is 0 Å². The normalized spacial score (nSPS) is 19.2. The van der Waals surface area contributed by atoms with Gasteiger partial charge in [0, 0.05) is 11.6 Å². The molecule has 0 aromatic heterocycles. The molecule has 0 saturated heterocycles. The third-order valence-corrected chi connectivity index (χ3v) is 5.73. The Hall–Kier alpha value is -0.980. The second-order valence-corrected chi connectivity index (χ2v) is 7.80. The van der Waals surface area contributed by atoms with E-state index in [-0.39, 0.29) is 15.9 Å². The van der Waals surface area contributed by atoms with E-state index in [9.17, 15) is 8.42 Å². The quantitative estimate of drug-likeness (QED) is 0.786. The lowest BCUT2D eigenvalue weighted by Crippen LogP contribution is -2.38. The van der Waals surface area contributed by atoms with Crippen molar-refractivity contribution in [1.29, 1.82) is 0 Å². The van der Waals surface area contributed by atoms with E-state index < -0.39 is 10.0 Å². The van der Waals surface area contributed by atoms with Crippen LogP contribution in [0.25, 0.3) is 0 Å². The van der Waals surface area contributed by atoms with Crippen LogP contribution in [0.3, 0.4) is 0 Å². The van der Waals surface area contributed by atoms with Gasteiger partial charge in [-0.1, -0.05) is 30.4 Å².